The molecule has 0 atom stereocenters. The first-order chi connectivity index (χ1) is 10.0. The van der Waals surface area contributed by atoms with Gasteiger partial charge >= 0.3 is 6.09 Å². The zero-order chi connectivity index (χ0) is 15.4. The maximum Gasteiger partial charge on any atom is 0.412 e. The highest BCUT2D eigenvalue weighted by molar-refractivity contribution is 5.87. The van der Waals surface area contributed by atoms with Gasteiger partial charge in [0.1, 0.15) is 11.6 Å². The largest absolute Gasteiger partial charge is 0.465 e. The molecule has 2 aromatic rings. The lowest BCUT2D eigenvalue weighted by molar-refractivity contribution is 0.111. The monoisotopic (exact) mass is 291 g/mol. The highest BCUT2D eigenvalue weighted by Gasteiger charge is 2.19. The fourth-order valence-corrected chi connectivity index (χ4v) is 1.87. The van der Waals surface area contributed by atoms with Gasteiger partial charge < -0.3 is 5.11 Å². The van der Waals surface area contributed by atoms with Crippen LogP contribution in [0.1, 0.15) is 15.9 Å². The Morgan fingerprint density at radius 2 is 1.71 bits per heavy atom. The molecule has 0 aliphatic rings. The fourth-order valence-electron chi connectivity index (χ4n) is 1.87. The van der Waals surface area contributed by atoms with Crippen LogP contribution in [0.3, 0.4) is 0 Å². The number of benzene rings is 2. The molecule has 0 spiro atoms. The SMILES string of the molecule is O=Cc1c(F)cc(N(Cc2ccccc2)C(=O)O)cc1F. The average molecular weight is 291 g/mol. The van der Waals surface area contributed by atoms with Crippen LogP contribution in [0.15, 0.2) is 42.5 Å². The molecule has 0 aliphatic carbocycles. The molecule has 0 radical (unpaired) electrons. The Bertz CT molecular complexity index is 651. The predicted octanol–water partition coefficient (Wildman–Crippen LogP) is 3.46. The van der Waals surface area contributed by atoms with Crippen molar-refractivity contribution >= 4 is 18.1 Å². The fraction of sp³-hybridized carbons (Fsp3) is 0.0667. The van der Waals surface area contributed by atoms with Gasteiger partial charge in [0.15, 0.2) is 6.29 Å². The van der Waals surface area contributed by atoms with E-state index in [1.807, 2.05) is 0 Å². The van der Waals surface area contributed by atoms with Gasteiger partial charge in [-0.3, -0.25) is 9.69 Å². The van der Waals surface area contributed by atoms with E-state index in [1.165, 1.54) is 0 Å². The molecule has 0 bridgehead atoms. The molecule has 0 unspecified atom stereocenters. The first kappa shape index (κ1) is 14.6. The van der Waals surface area contributed by atoms with Gasteiger partial charge in [-0.1, -0.05) is 30.3 Å². The first-order valence-corrected chi connectivity index (χ1v) is 6.01. The van der Waals surface area contributed by atoms with Crippen LogP contribution in [0, 0.1) is 11.6 Å². The number of carboxylic acid groups (broad SMARTS) is 1. The van der Waals surface area contributed by atoms with Crippen molar-refractivity contribution in [2.75, 3.05) is 4.90 Å². The normalized spacial score (nSPS) is 10.2. The van der Waals surface area contributed by atoms with E-state index < -0.39 is 23.3 Å². The molecular weight excluding hydrogens is 280 g/mol. The molecule has 2 rings (SSSR count). The van der Waals surface area contributed by atoms with Gasteiger partial charge in [-0.05, 0) is 17.7 Å². The molecule has 0 heterocycles. The first-order valence-electron chi connectivity index (χ1n) is 6.01. The summed E-state index contributed by atoms with van der Waals surface area (Å²) in [6.07, 6.45) is -1.30. The Morgan fingerprint density at radius 3 is 2.19 bits per heavy atom. The van der Waals surface area contributed by atoms with Crippen molar-refractivity contribution in [3.05, 3.63) is 65.2 Å². The van der Waals surface area contributed by atoms with E-state index in [1.54, 1.807) is 30.3 Å². The minimum absolute atomic E-state index is 0.0523. The third-order valence-corrected chi connectivity index (χ3v) is 2.91. The second kappa shape index (κ2) is 6.13. The number of aldehydes is 1. The van der Waals surface area contributed by atoms with Gasteiger partial charge in [0.2, 0.25) is 0 Å². The zero-order valence-corrected chi connectivity index (χ0v) is 10.8. The van der Waals surface area contributed by atoms with Crippen LogP contribution >= 0.6 is 0 Å². The number of halogens is 2. The zero-order valence-electron chi connectivity index (χ0n) is 10.8. The van der Waals surface area contributed by atoms with Gasteiger partial charge in [-0.15, -0.1) is 0 Å². The predicted molar refractivity (Wildman–Crippen MR) is 72.4 cm³/mol. The van der Waals surface area contributed by atoms with Crippen LogP contribution in [0.5, 0.6) is 0 Å². The van der Waals surface area contributed by atoms with Crippen molar-refractivity contribution in [1.82, 2.24) is 0 Å². The second-order valence-corrected chi connectivity index (χ2v) is 4.30. The molecule has 1 N–H and O–H groups in total. The number of anilines is 1. The Morgan fingerprint density at radius 1 is 1.14 bits per heavy atom. The Hall–Kier alpha value is -2.76. The van der Waals surface area contributed by atoms with Crippen molar-refractivity contribution < 1.29 is 23.5 Å². The number of nitrogens with zero attached hydrogens (tertiary/aromatic N) is 1. The highest BCUT2D eigenvalue weighted by Crippen LogP contribution is 2.23. The van der Waals surface area contributed by atoms with Crippen molar-refractivity contribution in [2.24, 2.45) is 0 Å². The van der Waals surface area contributed by atoms with E-state index in [2.05, 4.69) is 0 Å². The highest BCUT2D eigenvalue weighted by atomic mass is 19.1. The summed E-state index contributed by atoms with van der Waals surface area (Å²) in [6.45, 7) is -0.0600. The number of carbonyl (C=O) groups is 2. The lowest BCUT2D eigenvalue weighted by Gasteiger charge is -2.20. The molecule has 0 aromatic heterocycles. The van der Waals surface area contributed by atoms with Crippen LogP contribution in [-0.4, -0.2) is 17.5 Å². The van der Waals surface area contributed by atoms with E-state index >= 15 is 0 Å². The minimum Gasteiger partial charge on any atom is -0.465 e. The molecule has 0 saturated carbocycles. The van der Waals surface area contributed by atoms with Gasteiger partial charge in [-0.2, -0.15) is 0 Å². The van der Waals surface area contributed by atoms with E-state index in [-0.39, 0.29) is 18.5 Å². The van der Waals surface area contributed by atoms with Gasteiger partial charge in [-0.25, -0.2) is 13.6 Å². The van der Waals surface area contributed by atoms with Gasteiger partial charge in [0.05, 0.1) is 17.8 Å². The number of hydrogen-bond acceptors (Lipinski definition) is 2. The second-order valence-electron chi connectivity index (χ2n) is 4.30. The minimum atomic E-state index is -1.35. The number of carbonyl (C=O) groups excluding carboxylic acids is 1. The molecule has 0 saturated heterocycles. The van der Waals surface area contributed by atoms with Crippen molar-refractivity contribution in [2.45, 2.75) is 6.54 Å². The standard InChI is InChI=1S/C15H11F2NO3/c16-13-6-11(7-14(17)12(13)9-19)18(15(20)21)8-10-4-2-1-3-5-10/h1-7,9H,8H2,(H,20,21). The lowest BCUT2D eigenvalue weighted by Crippen LogP contribution is -2.29. The summed E-state index contributed by atoms with van der Waals surface area (Å²) in [5, 5.41) is 9.21. The number of rotatable bonds is 4. The molecule has 108 valence electrons. The molecule has 4 nitrogen and oxygen atoms in total. The van der Waals surface area contributed by atoms with Crippen molar-refractivity contribution in [3.63, 3.8) is 0 Å². The maximum atomic E-state index is 13.6. The summed E-state index contributed by atoms with van der Waals surface area (Å²) in [4.78, 5) is 22.6. The molecule has 0 fully saturated rings. The number of amides is 1. The van der Waals surface area contributed by atoms with Crippen molar-refractivity contribution in [1.29, 1.82) is 0 Å². The Balaban J connectivity index is 2.39. The molecule has 0 aliphatic heterocycles. The third kappa shape index (κ3) is 3.22. The van der Waals surface area contributed by atoms with E-state index in [0.717, 1.165) is 17.0 Å². The summed E-state index contributed by atoms with van der Waals surface area (Å²) in [5.74, 6) is -2.20. The Kier molecular flexibility index (Phi) is 4.27. The third-order valence-electron chi connectivity index (χ3n) is 2.91. The van der Waals surface area contributed by atoms with Crippen LogP contribution in [0.2, 0.25) is 0 Å². The Labute approximate surface area is 119 Å². The van der Waals surface area contributed by atoms with Gasteiger partial charge in [0.25, 0.3) is 0 Å². The van der Waals surface area contributed by atoms with Gasteiger partial charge in [0, 0.05) is 0 Å². The van der Waals surface area contributed by atoms with E-state index in [9.17, 15) is 23.5 Å². The van der Waals surface area contributed by atoms with Crippen molar-refractivity contribution in [3.8, 4) is 0 Å². The molecular formula is C15H11F2NO3. The van der Waals surface area contributed by atoms with Crippen LogP contribution in [-0.2, 0) is 6.54 Å². The summed E-state index contributed by atoms with van der Waals surface area (Å²) >= 11 is 0. The quantitative estimate of drug-likeness (QED) is 0.878. The van der Waals surface area contributed by atoms with E-state index in [4.69, 9.17) is 0 Å². The summed E-state index contributed by atoms with van der Waals surface area (Å²) in [7, 11) is 0. The number of hydrogen-bond donors (Lipinski definition) is 1. The molecule has 2 aromatic carbocycles. The van der Waals surface area contributed by atoms with Crippen LogP contribution < -0.4 is 4.90 Å². The van der Waals surface area contributed by atoms with Crippen LogP contribution in [0.4, 0.5) is 19.3 Å². The summed E-state index contributed by atoms with van der Waals surface area (Å²) < 4.78 is 27.2. The average Bonchev–Trinajstić information content (AvgIpc) is 2.45. The topological polar surface area (TPSA) is 57.6 Å². The maximum absolute atomic E-state index is 13.6. The van der Waals surface area contributed by atoms with E-state index in [0.29, 0.717) is 5.56 Å². The smallest absolute Gasteiger partial charge is 0.412 e. The summed E-state index contributed by atoms with van der Waals surface area (Å²) in [6, 6.07) is 10.3. The summed E-state index contributed by atoms with van der Waals surface area (Å²) in [5.41, 5.74) is -0.226. The molecule has 1 amide bonds. The molecule has 21 heavy (non-hydrogen) atoms. The van der Waals surface area contributed by atoms with Crippen LogP contribution in [0.25, 0.3) is 0 Å². The lowest BCUT2D eigenvalue weighted by atomic mass is 10.1. The molecule has 6 heteroatoms.